The molecule has 5 rings (SSSR count). The molecule has 3 aromatic carbocycles. The fourth-order valence-electron chi connectivity index (χ4n) is 4.86. The molecule has 38 heavy (non-hydrogen) atoms. The van der Waals surface area contributed by atoms with E-state index in [0.29, 0.717) is 29.4 Å². The Balaban J connectivity index is 1.36. The number of carbonyl (C=O) groups is 1. The first kappa shape index (κ1) is 26.4. The van der Waals surface area contributed by atoms with Gasteiger partial charge in [0.15, 0.2) is 0 Å². The van der Waals surface area contributed by atoms with Crippen molar-refractivity contribution in [3.05, 3.63) is 99.7 Å². The van der Waals surface area contributed by atoms with Crippen LogP contribution in [0.1, 0.15) is 29.7 Å². The van der Waals surface area contributed by atoms with Gasteiger partial charge in [0.2, 0.25) is 10.0 Å². The minimum Gasteiger partial charge on any atom is -0.340 e. The second kappa shape index (κ2) is 10.9. The average molecular weight is 570 g/mol. The molecule has 0 bridgehead atoms. The summed E-state index contributed by atoms with van der Waals surface area (Å²) >= 11 is 12.0. The molecular formula is C28H26Cl2N4O3S. The fourth-order valence-corrected chi connectivity index (χ4v) is 6.77. The highest BCUT2D eigenvalue weighted by Gasteiger charge is 2.39. The van der Waals surface area contributed by atoms with Crippen LogP contribution in [-0.2, 0) is 21.4 Å². The molecule has 0 aliphatic carbocycles. The molecule has 10 heteroatoms. The Morgan fingerprint density at radius 1 is 1.03 bits per heavy atom. The first-order valence-electron chi connectivity index (χ1n) is 12.2. The van der Waals surface area contributed by atoms with Gasteiger partial charge in [-0.15, -0.1) is 0 Å². The molecule has 1 aromatic heterocycles. The van der Waals surface area contributed by atoms with Crippen LogP contribution < -0.4 is 5.43 Å². The fraction of sp³-hybridized carbons (Fsp3) is 0.214. The summed E-state index contributed by atoms with van der Waals surface area (Å²) in [4.78, 5) is 13.1. The first-order chi connectivity index (χ1) is 18.3. The van der Waals surface area contributed by atoms with Gasteiger partial charge in [-0.05, 0) is 67.8 Å². The van der Waals surface area contributed by atoms with Gasteiger partial charge in [-0.3, -0.25) is 4.79 Å². The molecule has 1 N–H and O–H groups in total. The number of hydrazone groups is 1. The van der Waals surface area contributed by atoms with Crippen LogP contribution in [0.4, 0.5) is 0 Å². The second-order valence-electron chi connectivity index (χ2n) is 9.19. The number of nitrogens with zero attached hydrogens (tertiary/aromatic N) is 3. The summed E-state index contributed by atoms with van der Waals surface area (Å²) in [6.45, 7) is 2.93. The number of carbonyl (C=O) groups excluding carboxylic acids is 1. The predicted octanol–water partition coefficient (Wildman–Crippen LogP) is 5.61. The third-order valence-corrected chi connectivity index (χ3v) is 9.25. The van der Waals surface area contributed by atoms with E-state index in [1.54, 1.807) is 6.21 Å². The molecular weight excluding hydrogens is 543 g/mol. The summed E-state index contributed by atoms with van der Waals surface area (Å²) in [6, 6.07) is 20.9. The van der Waals surface area contributed by atoms with E-state index >= 15 is 0 Å². The SMILES string of the molecule is Cc1c(/C=N\NC(=O)[C@@H]2CCCN2S(=O)(=O)c2ccc(Cl)cc2)c2ccccc2n1Cc1ccc(Cl)cc1. The zero-order valence-corrected chi connectivity index (χ0v) is 23.0. The molecule has 0 radical (unpaired) electrons. The molecule has 1 fully saturated rings. The van der Waals surface area contributed by atoms with Crippen molar-refractivity contribution in [2.24, 2.45) is 5.10 Å². The summed E-state index contributed by atoms with van der Waals surface area (Å²) in [5.74, 6) is -0.459. The summed E-state index contributed by atoms with van der Waals surface area (Å²) in [5.41, 5.74) is 6.60. The van der Waals surface area contributed by atoms with Crippen molar-refractivity contribution in [3.63, 3.8) is 0 Å². The van der Waals surface area contributed by atoms with Crippen molar-refractivity contribution in [2.75, 3.05) is 6.54 Å². The summed E-state index contributed by atoms with van der Waals surface area (Å²) in [5, 5.41) is 6.37. The van der Waals surface area contributed by atoms with E-state index in [-0.39, 0.29) is 11.4 Å². The van der Waals surface area contributed by atoms with Gasteiger partial charge in [0.25, 0.3) is 5.91 Å². The molecule has 1 amide bonds. The van der Waals surface area contributed by atoms with E-state index in [9.17, 15) is 13.2 Å². The Morgan fingerprint density at radius 3 is 2.39 bits per heavy atom. The third kappa shape index (κ3) is 5.22. The smallest absolute Gasteiger partial charge is 0.258 e. The Bertz CT molecular complexity index is 1610. The van der Waals surface area contributed by atoms with E-state index in [2.05, 4.69) is 15.1 Å². The van der Waals surface area contributed by atoms with Crippen LogP contribution in [-0.4, -0.2) is 42.0 Å². The molecule has 0 spiro atoms. The van der Waals surface area contributed by atoms with E-state index in [0.717, 1.165) is 27.7 Å². The highest BCUT2D eigenvalue weighted by atomic mass is 35.5. The Kier molecular flexibility index (Phi) is 7.59. The third-order valence-electron chi connectivity index (χ3n) is 6.83. The van der Waals surface area contributed by atoms with E-state index in [1.165, 1.54) is 28.6 Å². The molecule has 1 saturated heterocycles. The van der Waals surface area contributed by atoms with Crippen LogP contribution in [0.2, 0.25) is 10.0 Å². The lowest BCUT2D eigenvalue weighted by Crippen LogP contribution is -2.44. The number of nitrogens with one attached hydrogen (secondary N) is 1. The maximum atomic E-state index is 13.2. The molecule has 0 saturated carbocycles. The van der Waals surface area contributed by atoms with Crippen LogP contribution in [0.15, 0.2) is 82.8 Å². The zero-order chi connectivity index (χ0) is 26.9. The minimum absolute atomic E-state index is 0.106. The topological polar surface area (TPSA) is 83.8 Å². The van der Waals surface area contributed by atoms with Gasteiger partial charge in [-0.2, -0.15) is 9.41 Å². The Morgan fingerprint density at radius 2 is 1.68 bits per heavy atom. The van der Waals surface area contributed by atoms with Crippen LogP contribution in [0, 0.1) is 6.92 Å². The van der Waals surface area contributed by atoms with Gasteiger partial charge < -0.3 is 4.57 Å². The minimum atomic E-state index is -3.84. The molecule has 1 atom stereocenters. The van der Waals surface area contributed by atoms with Crippen molar-refractivity contribution in [2.45, 2.75) is 37.2 Å². The van der Waals surface area contributed by atoms with Gasteiger partial charge in [0.05, 0.1) is 11.1 Å². The number of amides is 1. The van der Waals surface area contributed by atoms with Crippen molar-refractivity contribution in [1.29, 1.82) is 0 Å². The summed E-state index contributed by atoms with van der Waals surface area (Å²) in [6.07, 6.45) is 2.64. The van der Waals surface area contributed by atoms with Crippen molar-refractivity contribution < 1.29 is 13.2 Å². The van der Waals surface area contributed by atoms with Crippen LogP contribution >= 0.6 is 23.2 Å². The zero-order valence-electron chi connectivity index (χ0n) is 20.6. The Labute approximate surface area is 231 Å². The standard InChI is InChI=1S/C28H26Cl2N4O3S/c1-19-25(24-5-2-3-6-26(24)33(19)18-20-8-10-21(29)11-9-20)17-31-32-28(35)27-7-4-16-34(27)38(36,37)23-14-12-22(30)13-15-23/h2-3,5-6,8-15,17,27H,4,7,16,18H2,1H3,(H,32,35)/b31-17-/t27-/m0/s1. The number of para-hydroxylation sites is 1. The molecule has 2 heterocycles. The number of halogens is 2. The molecule has 1 aliphatic rings. The van der Waals surface area contributed by atoms with Crippen LogP contribution in [0.25, 0.3) is 10.9 Å². The van der Waals surface area contributed by atoms with E-state index in [4.69, 9.17) is 23.2 Å². The molecule has 7 nitrogen and oxygen atoms in total. The van der Waals surface area contributed by atoms with Crippen LogP contribution in [0.5, 0.6) is 0 Å². The largest absolute Gasteiger partial charge is 0.340 e. The lowest BCUT2D eigenvalue weighted by molar-refractivity contribution is -0.124. The lowest BCUT2D eigenvalue weighted by Gasteiger charge is -2.22. The molecule has 0 unspecified atom stereocenters. The van der Waals surface area contributed by atoms with Crippen LogP contribution in [0.3, 0.4) is 0 Å². The maximum Gasteiger partial charge on any atom is 0.258 e. The number of fused-ring (bicyclic) bond motifs is 1. The van der Waals surface area contributed by atoms with Gasteiger partial charge in [-0.1, -0.05) is 53.5 Å². The highest BCUT2D eigenvalue weighted by molar-refractivity contribution is 7.89. The molecule has 196 valence electrons. The predicted molar refractivity (Wildman–Crippen MR) is 151 cm³/mol. The molecule has 1 aliphatic heterocycles. The number of benzene rings is 3. The maximum absolute atomic E-state index is 13.2. The van der Waals surface area contributed by atoms with Gasteiger partial charge in [0, 0.05) is 45.3 Å². The number of rotatable bonds is 7. The number of aromatic nitrogens is 1. The highest BCUT2D eigenvalue weighted by Crippen LogP contribution is 2.28. The summed E-state index contributed by atoms with van der Waals surface area (Å²) < 4.78 is 29.8. The second-order valence-corrected chi connectivity index (χ2v) is 12.0. The van der Waals surface area contributed by atoms with Crippen molar-refractivity contribution >= 4 is 56.2 Å². The lowest BCUT2D eigenvalue weighted by atomic mass is 10.1. The van der Waals surface area contributed by atoms with Gasteiger partial charge in [-0.25, -0.2) is 13.8 Å². The van der Waals surface area contributed by atoms with Crippen molar-refractivity contribution in [1.82, 2.24) is 14.3 Å². The van der Waals surface area contributed by atoms with Gasteiger partial charge >= 0.3 is 0 Å². The number of hydrogen-bond acceptors (Lipinski definition) is 4. The number of hydrogen-bond donors (Lipinski definition) is 1. The van der Waals surface area contributed by atoms with E-state index < -0.39 is 22.0 Å². The summed E-state index contributed by atoms with van der Waals surface area (Å²) in [7, 11) is -3.84. The van der Waals surface area contributed by atoms with Crippen molar-refractivity contribution in [3.8, 4) is 0 Å². The quantitative estimate of drug-likeness (QED) is 0.232. The first-order valence-corrected chi connectivity index (χ1v) is 14.4. The van der Waals surface area contributed by atoms with E-state index in [1.807, 2.05) is 55.5 Å². The number of sulfonamides is 1. The molecule has 4 aromatic rings. The average Bonchev–Trinajstić information content (AvgIpc) is 3.51. The Hall–Kier alpha value is -3.17. The normalized spacial score (nSPS) is 16.4. The monoisotopic (exact) mass is 568 g/mol. The van der Waals surface area contributed by atoms with Gasteiger partial charge in [0.1, 0.15) is 6.04 Å².